The smallest absolute Gasteiger partial charge is 0.338 e. The van der Waals surface area contributed by atoms with Gasteiger partial charge in [0.25, 0.3) is 5.97 Å². The minimum absolute atomic E-state index is 0.200. The SMILES string of the molecule is CCOC1(C)O[C@@H]2[C@@H](OC(=O)c3ccccc3)[C@H](C)O[C@@H](SCC)[C@@H]2O1. The van der Waals surface area contributed by atoms with Crippen LogP contribution < -0.4 is 0 Å². The zero-order chi connectivity index (χ0) is 18.7. The van der Waals surface area contributed by atoms with Crippen molar-refractivity contribution in [1.29, 1.82) is 0 Å². The second kappa shape index (κ2) is 8.27. The predicted octanol–water partition coefficient (Wildman–Crippen LogP) is 3.20. The topological polar surface area (TPSA) is 63.2 Å². The molecule has 0 spiro atoms. The number of hydrogen-bond donors (Lipinski definition) is 0. The van der Waals surface area contributed by atoms with Gasteiger partial charge in [0.2, 0.25) is 0 Å². The third kappa shape index (κ3) is 4.07. The third-order valence-corrected chi connectivity index (χ3v) is 5.46. The lowest BCUT2D eigenvalue weighted by atomic mass is 10.0. The molecule has 0 radical (unpaired) electrons. The molecule has 3 rings (SSSR count). The average molecular weight is 382 g/mol. The summed E-state index contributed by atoms with van der Waals surface area (Å²) in [6.45, 7) is 8.02. The third-order valence-electron chi connectivity index (χ3n) is 4.42. The summed E-state index contributed by atoms with van der Waals surface area (Å²) in [5, 5.41) is 0. The molecule has 2 fully saturated rings. The summed E-state index contributed by atoms with van der Waals surface area (Å²) in [5.74, 6) is -0.689. The normalized spacial score (nSPS) is 36.5. The zero-order valence-electron chi connectivity index (χ0n) is 15.5. The van der Waals surface area contributed by atoms with Gasteiger partial charge in [-0.3, -0.25) is 0 Å². The highest BCUT2D eigenvalue weighted by Crippen LogP contribution is 2.42. The van der Waals surface area contributed by atoms with Gasteiger partial charge < -0.3 is 23.7 Å². The van der Waals surface area contributed by atoms with Crippen LogP contribution in [0.1, 0.15) is 38.1 Å². The molecule has 0 saturated carbocycles. The van der Waals surface area contributed by atoms with Gasteiger partial charge in [-0.15, -0.1) is 11.8 Å². The number of hydrogen-bond acceptors (Lipinski definition) is 7. The Kier molecular flexibility index (Phi) is 6.25. The van der Waals surface area contributed by atoms with E-state index in [9.17, 15) is 4.79 Å². The number of ether oxygens (including phenoxy) is 5. The molecule has 2 aliphatic rings. The molecule has 6 atom stereocenters. The van der Waals surface area contributed by atoms with Gasteiger partial charge in [0.05, 0.1) is 11.7 Å². The average Bonchev–Trinajstić information content (AvgIpc) is 2.97. The van der Waals surface area contributed by atoms with Gasteiger partial charge in [-0.05, 0) is 31.7 Å². The molecule has 2 saturated heterocycles. The maximum Gasteiger partial charge on any atom is 0.338 e. The standard InChI is InChI=1S/C19H26O6S/c1-5-21-19(4)24-15-14(23-17(20)13-10-8-7-9-11-13)12(3)22-18(26-6-2)16(15)25-19/h7-12,14-16,18H,5-6H2,1-4H3/t12-,14-,15+,16+,18-,19?/m0/s1. The fourth-order valence-corrected chi connectivity index (χ4v) is 4.29. The lowest BCUT2D eigenvalue weighted by Gasteiger charge is -2.40. The van der Waals surface area contributed by atoms with E-state index in [1.54, 1.807) is 43.0 Å². The van der Waals surface area contributed by atoms with Crippen LogP contribution in [0.15, 0.2) is 30.3 Å². The molecule has 0 bridgehead atoms. The highest BCUT2D eigenvalue weighted by atomic mass is 32.2. The number of benzene rings is 1. The van der Waals surface area contributed by atoms with E-state index in [1.165, 1.54) is 0 Å². The van der Waals surface area contributed by atoms with Gasteiger partial charge in [-0.1, -0.05) is 25.1 Å². The van der Waals surface area contributed by atoms with E-state index < -0.39 is 24.2 Å². The fourth-order valence-electron chi connectivity index (χ4n) is 3.31. The first-order chi connectivity index (χ1) is 12.5. The maximum atomic E-state index is 12.5. The molecular weight excluding hydrogens is 356 g/mol. The Bertz CT molecular complexity index is 611. The van der Waals surface area contributed by atoms with Crippen LogP contribution in [0.25, 0.3) is 0 Å². The van der Waals surface area contributed by atoms with Crippen LogP contribution in [0.3, 0.4) is 0 Å². The molecular formula is C19H26O6S. The second-order valence-corrected chi connectivity index (χ2v) is 7.74. The number of carbonyl (C=O) groups is 1. The van der Waals surface area contributed by atoms with Gasteiger partial charge >= 0.3 is 5.97 Å². The van der Waals surface area contributed by atoms with E-state index in [4.69, 9.17) is 23.7 Å². The van der Waals surface area contributed by atoms with Gasteiger partial charge in [0.1, 0.15) is 17.6 Å². The largest absolute Gasteiger partial charge is 0.453 e. The first-order valence-electron chi connectivity index (χ1n) is 9.00. The van der Waals surface area contributed by atoms with E-state index in [2.05, 4.69) is 6.92 Å². The minimum atomic E-state index is -1.17. The highest BCUT2D eigenvalue weighted by Gasteiger charge is 2.57. The predicted molar refractivity (Wildman–Crippen MR) is 97.9 cm³/mol. The molecule has 2 heterocycles. The van der Waals surface area contributed by atoms with Crippen LogP contribution >= 0.6 is 11.8 Å². The Morgan fingerprint density at radius 3 is 2.54 bits per heavy atom. The quantitative estimate of drug-likeness (QED) is 0.700. The van der Waals surface area contributed by atoms with Gasteiger partial charge in [-0.2, -0.15) is 0 Å². The molecule has 1 unspecified atom stereocenters. The second-order valence-electron chi connectivity index (χ2n) is 6.36. The van der Waals surface area contributed by atoms with Crippen molar-refractivity contribution in [3.8, 4) is 0 Å². The van der Waals surface area contributed by atoms with Crippen LogP contribution in [0.5, 0.6) is 0 Å². The molecule has 0 amide bonds. The Morgan fingerprint density at radius 2 is 1.88 bits per heavy atom. The van der Waals surface area contributed by atoms with Crippen LogP contribution in [0.2, 0.25) is 0 Å². The van der Waals surface area contributed by atoms with Gasteiger partial charge in [-0.25, -0.2) is 4.79 Å². The van der Waals surface area contributed by atoms with Crippen molar-refractivity contribution >= 4 is 17.7 Å². The Labute approximate surface area is 158 Å². The van der Waals surface area contributed by atoms with Crippen LogP contribution in [-0.2, 0) is 23.7 Å². The molecule has 1 aromatic rings. The van der Waals surface area contributed by atoms with Crippen molar-refractivity contribution in [2.45, 2.75) is 63.5 Å². The molecule has 0 aromatic heterocycles. The maximum absolute atomic E-state index is 12.5. The van der Waals surface area contributed by atoms with Gasteiger partial charge in [0.15, 0.2) is 6.10 Å². The summed E-state index contributed by atoms with van der Waals surface area (Å²) in [7, 11) is 0. The molecule has 1 aromatic carbocycles. The van der Waals surface area contributed by atoms with Crippen molar-refractivity contribution in [2.24, 2.45) is 0 Å². The number of carbonyl (C=O) groups excluding carboxylic acids is 1. The Hall–Kier alpha value is -1.12. The number of esters is 1. The molecule has 6 nitrogen and oxygen atoms in total. The van der Waals surface area contributed by atoms with Gasteiger partial charge in [0, 0.05) is 13.5 Å². The summed E-state index contributed by atoms with van der Waals surface area (Å²) >= 11 is 1.65. The summed E-state index contributed by atoms with van der Waals surface area (Å²) in [6, 6.07) is 8.90. The molecule has 26 heavy (non-hydrogen) atoms. The molecule has 0 N–H and O–H groups in total. The molecule has 144 valence electrons. The van der Waals surface area contributed by atoms with E-state index in [-0.39, 0.29) is 17.6 Å². The van der Waals surface area contributed by atoms with E-state index in [0.29, 0.717) is 12.2 Å². The van der Waals surface area contributed by atoms with Crippen molar-refractivity contribution < 1.29 is 28.5 Å². The summed E-state index contributed by atoms with van der Waals surface area (Å²) in [5.41, 5.74) is 0.293. The minimum Gasteiger partial charge on any atom is -0.453 e. The fraction of sp³-hybridized carbons (Fsp3) is 0.632. The highest BCUT2D eigenvalue weighted by molar-refractivity contribution is 7.99. The molecule has 2 aliphatic heterocycles. The van der Waals surface area contributed by atoms with E-state index in [1.807, 2.05) is 19.9 Å². The van der Waals surface area contributed by atoms with E-state index >= 15 is 0 Å². The van der Waals surface area contributed by atoms with E-state index in [0.717, 1.165) is 5.75 Å². The van der Waals surface area contributed by atoms with Crippen molar-refractivity contribution in [1.82, 2.24) is 0 Å². The summed E-state index contributed by atoms with van der Waals surface area (Å²) < 4.78 is 29.6. The number of rotatable bonds is 6. The van der Waals surface area contributed by atoms with Crippen molar-refractivity contribution in [3.63, 3.8) is 0 Å². The van der Waals surface area contributed by atoms with Crippen LogP contribution in [0.4, 0.5) is 0 Å². The Morgan fingerprint density at radius 1 is 1.19 bits per heavy atom. The van der Waals surface area contributed by atoms with Crippen LogP contribution in [0, 0.1) is 0 Å². The molecule has 0 aliphatic carbocycles. The first-order valence-corrected chi connectivity index (χ1v) is 10.0. The zero-order valence-corrected chi connectivity index (χ0v) is 16.4. The number of fused-ring (bicyclic) bond motifs is 1. The summed E-state index contributed by atoms with van der Waals surface area (Å²) in [6.07, 6.45) is -1.72. The first kappa shape index (κ1) is 19.6. The monoisotopic (exact) mass is 382 g/mol. The summed E-state index contributed by atoms with van der Waals surface area (Å²) in [4.78, 5) is 12.5. The molecule has 7 heteroatoms. The Balaban J connectivity index is 1.80. The van der Waals surface area contributed by atoms with Crippen molar-refractivity contribution in [2.75, 3.05) is 12.4 Å². The number of thioether (sulfide) groups is 1. The lowest BCUT2D eigenvalue weighted by molar-refractivity contribution is -0.330. The van der Waals surface area contributed by atoms with Crippen molar-refractivity contribution in [3.05, 3.63) is 35.9 Å². The van der Waals surface area contributed by atoms with Crippen LogP contribution in [-0.4, -0.2) is 54.2 Å². The lowest BCUT2D eigenvalue weighted by Crippen LogP contribution is -2.55.